The lowest BCUT2D eigenvalue weighted by Gasteiger charge is -2.12. The van der Waals surface area contributed by atoms with Gasteiger partial charge in [-0.1, -0.05) is 12.1 Å². The summed E-state index contributed by atoms with van der Waals surface area (Å²) in [6, 6.07) is 13.9. The first-order chi connectivity index (χ1) is 15.6. The van der Waals surface area contributed by atoms with Crippen LogP contribution < -0.4 is 20.8 Å². The largest absolute Gasteiger partial charge is 0.485 e. The van der Waals surface area contributed by atoms with Crippen LogP contribution in [0.1, 0.15) is 15.9 Å². The van der Waals surface area contributed by atoms with Crippen molar-refractivity contribution in [3.05, 3.63) is 94.7 Å². The lowest BCUT2D eigenvalue weighted by atomic mass is 10.1. The molecular formula is C23H19N5O4. The third-order valence-electron chi connectivity index (χ3n) is 4.61. The molecule has 0 saturated heterocycles. The highest BCUT2D eigenvalue weighted by Gasteiger charge is 2.15. The molecule has 1 aromatic carbocycles. The summed E-state index contributed by atoms with van der Waals surface area (Å²) in [5.41, 5.74) is 1.06. The van der Waals surface area contributed by atoms with Gasteiger partial charge in [0.2, 0.25) is 11.3 Å². The first-order valence-corrected chi connectivity index (χ1v) is 9.77. The van der Waals surface area contributed by atoms with Gasteiger partial charge in [-0.2, -0.15) is 0 Å². The van der Waals surface area contributed by atoms with Crippen LogP contribution in [0.15, 0.2) is 78.1 Å². The van der Waals surface area contributed by atoms with Crippen LogP contribution in [0.3, 0.4) is 0 Å². The molecule has 3 N–H and O–H groups in total. The van der Waals surface area contributed by atoms with Crippen LogP contribution in [-0.2, 0) is 11.4 Å². The number of rotatable bonds is 7. The first-order valence-electron chi connectivity index (χ1n) is 9.77. The molecule has 0 spiro atoms. The molecule has 32 heavy (non-hydrogen) atoms. The normalized spacial score (nSPS) is 10.5. The molecule has 0 radical (unpaired) electrons. The second-order valence-corrected chi connectivity index (χ2v) is 6.80. The summed E-state index contributed by atoms with van der Waals surface area (Å²) in [5.74, 6) is -0.551. The Hall–Kier alpha value is -4.53. The van der Waals surface area contributed by atoms with E-state index in [0.717, 1.165) is 5.56 Å². The maximum absolute atomic E-state index is 12.5. The molecule has 0 saturated carbocycles. The van der Waals surface area contributed by atoms with E-state index in [1.165, 1.54) is 12.4 Å². The van der Waals surface area contributed by atoms with Crippen molar-refractivity contribution in [1.82, 2.24) is 20.3 Å². The molecule has 3 heterocycles. The molecule has 0 fully saturated rings. The number of carbonyl (C=O) groups excluding carboxylic acids is 2. The number of aromatic nitrogens is 3. The predicted molar refractivity (Wildman–Crippen MR) is 118 cm³/mol. The van der Waals surface area contributed by atoms with Crippen LogP contribution in [0, 0.1) is 0 Å². The van der Waals surface area contributed by atoms with Crippen LogP contribution in [-0.4, -0.2) is 33.3 Å². The summed E-state index contributed by atoms with van der Waals surface area (Å²) in [6.07, 6.45) is 6.17. The van der Waals surface area contributed by atoms with Crippen LogP contribution >= 0.6 is 0 Å². The molecule has 2 amide bonds. The standard InChI is InChI=1S/C23H19N5O4/c29-20(13-27-23(31)17-12-26-18-5-2-1-4-16(18)21(17)30)28-22-19(6-3-9-25-22)32-14-15-7-10-24-11-8-15/h1-12H,13-14H2,(H,26,30)(H,27,31)(H,25,28,29). The Morgan fingerprint density at radius 1 is 1.00 bits per heavy atom. The van der Waals surface area contributed by atoms with Gasteiger partial charge in [-0.25, -0.2) is 4.98 Å². The molecule has 0 aliphatic carbocycles. The van der Waals surface area contributed by atoms with E-state index in [0.29, 0.717) is 16.7 Å². The lowest BCUT2D eigenvalue weighted by molar-refractivity contribution is -0.115. The molecule has 9 nitrogen and oxygen atoms in total. The second-order valence-electron chi connectivity index (χ2n) is 6.80. The van der Waals surface area contributed by atoms with Gasteiger partial charge in [0, 0.05) is 35.7 Å². The van der Waals surface area contributed by atoms with E-state index in [2.05, 4.69) is 25.6 Å². The zero-order valence-electron chi connectivity index (χ0n) is 16.9. The zero-order valence-corrected chi connectivity index (χ0v) is 16.9. The number of nitrogens with zero attached hydrogens (tertiary/aromatic N) is 2. The van der Waals surface area contributed by atoms with Gasteiger partial charge in [0.1, 0.15) is 12.2 Å². The number of pyridine rings is 3. The molecule has 0 atom stereocenters. The van der Waals surface area contributed by atoms with Crippen molar-refractivity contribution in [1.29, 1.82) is 0 Å². The van der Waals surface area contributed by atoms with Gasteiger partial charge in [-0.05, 0) is 42.0 Å². The number of hydrogen-bond donors (Lipinski definition) is 3. The molecule has 9 heteroatoms. The molecule has 4 rings (SSSR count). The molecule has 0 aliphatic heterocycles. The maximum Gasteiger partial charge on any atom is 0.257 e. The van der Waals surface area contributed by atoms with Gasteiger partial charge in [-0.3, -0.25) is 19.4 Å². The molecule has 0 bridgehead atoms. The summed E-state index contributed by atoms with van der Waals surface area (Å²) in [5, 5.41) is 5.46. The van der Waals surface area contributed by atoms with E-state index in [9.17, 15) is 14.4 Å². The van der Waals surface area contributed by atoms with Crippen molar-refractivity contribution >= 4 is 28.5 Å². The van der Waals surface area contributed by atoms with Crippen molar-refractivity contribution in [2.24, 2.45) is 0 Å². The molecule has 3 aromatic heterocycles. The third kappa shape index (κ3) is 4.78. The summed E-state index contributed by atoms with van der Waals surface area (Å²) in [6.45, 7) is -0.0654. The number of anilines is 1. The van der Waals surface area contributed by atoms with Crippen LogP contribution in [0.5, 0.6) is 5.75 Å². The quantitative estimate of drug-likeness (QED) is 0.414. The van der Waals surface area contributed by atoms with Crippen molar-refractivity contribution in [3.8, 4) is 5.75 Å². The number of benzene rings is 1. The van der Waals surface area contributed by atoms with Crippen molar-refractivity contribution < 1.29 is 14.3 Å². The predicted octanol–water partition coefficient (Wildman–Crippen LogP) is 2.27. The highest BCUT2D eigenvalue weighted by molar-refractivity contribution is 6.00. The summed E-state index contributed by atoms with van der Waals surface area (Å²) >= 11 is 0. The van der Waals surface area contributed by atoms with Crippen LogP contribution in [0.4, 0.5) is 5.82 Å². The molecular weight excluding hydrogens is 410 g/mol. The van der Waals surface area contributed by atoms with E-state index in [-0.39, 0.29) is 24.5 Å². The molecule has 4 aromatic rings. The van der Waals surface area contributed by atoms with E-state index in [4.69, 9.17) is 4.74 Å². The topological polar surface area (TPSA) is 126 Å². The van der Waals surface area contributed by atoms with Crippen LogP contribution in [0.25, 0.3) is 10.9 Å². The third-order valence-corrected chi connectivity index (χ3v) is 4.61. The molecule has 0 unspecified atom stereocenters. The SMILES string of the molecule is O=C(CNC(=O)c1c[nH]c2ccccc2c1=O)Nc1ncccc1OCc1ccncc1. The lowest BCUT2D eigenvalue weighted by Crippen LogP contribution is -2.35. The van der Waals surface area contributed by atoms with Crippen LogP contribution in [0.2, 0.25) is 0 Å². The van der Waals surface area contributed by atoms with E-state index < -0.39 is 17.2 Å². The van der Waals surface area contributed by atoms with E-state index in [1.54, 1.807) is 48.8 Å². The summed E-state index contributed by atoms with van der Waals surface area (Å²) in [4.78, 5) is 48.3. The van der Waals surface area contributed by atoms with Crippen molar-refractivity contribution in [3.63, 3.8) is 0 Å². The van der Waals surface area contributed by atoms with Gasteiger partial charge in [0.25, 0.3) is 5.91 Å². The number of amides is 2. The van der Waals surface area contributed by atoms with Gasteiger partial charge < -0.3 is 20.4 Å². The number of H-pyrrole nitrogens is 1. The minimum absolute atomic E-state index is 0.0734. The fraction of sp³-hybridized carbons (Fsp3) is 0.0870. The Balaban J connectivity index is 1.38. The zero-order chi connectivity index (χ0) is 22.3. The van der Waals surface area contributed by atoms with Gasteiger partial charge in [0.05, 0.1) is 6.54 Å². The minimum Gasteiger partial charge on any atom is -0.485 e. The number of fused-ring (bicyclic) bond motifs is 1. The Morgan fingerprint density at radius 3 is 2.66 bits per heavy atom. The number of nitrogens with one attached hydrogen (secondary N) is 3. The van der Waals surface area contributed by atoms with Crippen molar-refractivity contribution in [2.75, 3.05) is 11.9 Å². The second kappa shape index (κ2) is 9.52. The number of ether oxygens (including phenoxy) is 1. The van der Waals surface area contributed by atoms with Crippen molar-refractivity contribution in [2.45, 2.75) is 6.61 Å². The number of para-hydroxylation sites is 1. The summed E-state index contributed by atoms with van der Waals surface area (Å²) in [7, 11) is 0. The maximum atomic E-state index is 12.5. The first kappa shape index (κ1) is 20.7. The van der Waals surface area contributed by atoms with Gasteiger partial charge >= 0.3 is 0 Å². The fourth-order valence-corrected chi connectivity index (χ4v) is 3.01. The number of aromatic amines is 1. The van der Waals surface area contributed by atoms with E-state index in [1.807, 2.05) is 12.1 Å². The minimum atomic E-state index is -0.651. The Morgan fingerprint density at radius 2 is 1.81 bits per heavy atom. The Bertz CT molecular complexity index is 1320. The smallest absolute Gasteiger partial charge is 0.257 e. The monoisotopic (exact) mass is 429 g/mol. The van der Waals surface area contributed by atoms with E-state index >= 15 is 0 Å². The highest BCUT2D eigenvalue weighted by atomic mass is 16.5. The molecule has 160 valence electrons. The average Bonchev–Trinajstić information content (AvgIpc) is 2.83. The van der Waals surface area contributed by atoms with Gasteiger partial charge in [0.15, 0.2) is 11.6 Å². The van der Waals surface area contributed by atoms with Gasteiger partial charge in [-0.15, -0.1) is 0 Å². The Kier molecular flexibility index (Phi) is 6.17. The Labute approximate surface area is 182 Å². The fourth-order valence-electron chi connectivity index (χ4n) is 3.01. The number of carbonyl (C=O) groups is 2. The highest BCUT2D eigenvalue weighted by Crippen LogP contribution is 2.21. The average molecular weight is 429 g/mol. The summed E-state index contributed by atoms with van der Waals surface area (Å²) < 4.78 is 5.74. The number of hydrogen-bond acceptors (Lipinski definition) is 6. The molecule has 0 aliphatic rings.